The van der Waals surface area contributed by atoms with Crippen LogP contribution in [0.25, 0.3) is 0 Å². The van der Waals surface area contributed by atoms with Crippen LogP contribution in [0.3, 0.4) is 0 Å². The van der Waals surface area contributed by atoms with Crippen LogP contribution in [0.1, 0.15) is 20.8 Å². The lowest BCUT2D eigenvalue weighted by Crippen LogP contribution is -3.11. The highest BCUT2D eigenvalue weighted by atomic mass is 32.2. The molecule has 0 aliphatic carbocycles. The fourth-order valence-electron chi connectivity index (χ4n) is 2.02. The van der Waals surface area contributed by atoms with E-state index in [1.165, 1.54) is 0 Å². The Labute approximate surface area is 143 Å². The summed E-state index contributed by atoms with van der Waals surface area (Å²) >= 11 is 1.59. The first-order chi connectivity index (χ1) is 10.8. The van der Waals surface area contributed by atoms with E-state index in [2.05, 4.69) is 24.5 Å². The van der Waals surface area contributed by atoms with Crippen LogP contribution in [0, 0.1) is 5.92 Å². The zero-order chi connectivity index (χ0) is 17.4. The van der Waals surface area contributed by atoms with E-state index < -0.39 is 0 Å². The van der Waals surface area contributed by atoms with Gasteiger partial charge in [0.05, 0.1) is 12.7 Å². The molecule has 5 nitrogen and oxygen atoms in total. The van der Waals surface area contributed by atoms with E-state index in [4.69, 9.17) is 0 Å². The van der Waals surface area contributed by atoms with E-state index in [1.807, 2.05) is 44.5 Å². The molecule has 1 rings (SSSR count). The number of rotatable bonds is 8. The standard InChI is InChI=1S/C17H27N3O2S/c1-12(2)13(3)18-16(21)10-20(4)11-17(22)19-14-8-6-7-9-15(14)23-5/h6-9,12-13H,10-11H2,1-5H3,(H,18,21)(H,19,22)/p+1/t13-/m0/s1. The zero-order valence-electron chi connectivity index (χ0n) is 14.6. The van der Waals surface area contributed by atoms with Gasteiger partial charge in [0, 0.05) is 10.9 Å². The molecule has 0 aromatic heterocycles. The molecule has 2 atom stereocenters. The average Bonchev–Trinajstić information content (AvgIpc) is 2.46. The van der Waals surface area contributed by atoms with Crippen molar-refractivity contribution in [3.8, 4) is 0 Å². The van der Waals surface area contributed by atoms with Crippen LogP contribution in [0.4, 0.5) is 5.69 Å². The van der Waals surface area contributed by atoms with Gasteiger partial charge in [-0.05, 0) is 31.2 Å². The molecule has 1 aromatic carbocycles. The first kappa shape index (κ1) is 19.5. The summed E-state index contributed by atoms with van der Waals surface area (Å²) in [5.74, 6) is 0.278. The Bertz CT molecular complexity index is 534. The molecule has 0 saturated carbocycles. The van der Waals surface area contributed by atoms with Crippen molar-refractivity contribution in [2.75, 3.05) is 31.7 Å². The molecule has 3 N–H and O–H groups in total. The van der Waals surface area contributed by atoms with Gasteiger partial charge in [0.2, 0.25) is 0 Å². The molecular weight excluding hydrogens is 310 g/mol. The van der Waals surface area contributed by atoms with Crippen LogP contribution in [-0.2, 0) is 9.59 Å². The maximum Gasteiger partial charge on any atom is 0.279 e. The van der Waals surface area contributed by atoms with E-state index in [0.29, 0.717) is 5.92 Å². The van der Waals surface area contributed by atoms with Gasteiger partial charge in [0.25, 0.3) is 11.8 Å². The van der Waals surface area contributed by atoms with Gasteiger partial charge in [-0.25, -0.2) is 0 Å². The first-order valence-corrected chi connectivity index (χ1v) is 9.09. The SMILES string of the molecule is CSc1ccccc1NC(=O)C[NH+](C)CC(=O)N[C@@H](C)C(C)C. The van der Waals surface area contributed by atoms with Crippen LogP contribution in [0.2, 0.25) is 0 Å². The Kier molecular flexibility index (Phi) is 8.12. The molecule has 2 amide bonds. The van der Waals surface area contributed by atoms with Crippen molar-refractivity contribution in [3.05, 3.63) is 24.3 Å². The molecule has 128 valence electrons. The van der Waals surface area contributed by atoms with Gasteiger partial charge in [-0.2, -0.15) is 0 Å². The number of quaternary nitrogens is 1. The Morgan fingerprint density at radius 3 is 2.35 bits per heavy atom. The average molecular weight is 338 g/mol. The van der Waals surface area contributed by atoms with E-state index >= 15 is 0 Å². The third-order valence-corrected chi connectivity index (χ3v) is 4.49. The minimum atomic E-state index is -0.0892. The highest BCUT2D eigenvalue weighted by Gasteiger charge is 2.17. The van der Waals surface area contributed by atoms with Gasteiger partial charge in [0.1, 0.15) is 0 Å². The Morgan fingerprint density at radius 2 is 1.74 bits per heavy atom. The second-order valence-electron chi connectivity index (χ2n) is 6.16. The monoisotopic (exact) mass is 338 g/mol. The van der Waals surface area contributed by atoms with E-state index in [9.17, 15) is 9.59 Å². The topological polar surface area (TPSA) is 62.6 Å². The van der Waals surface area contributed by atoms with Crippen molar-refractivity contribution in [2.24, 2.45) is 5.92 Å². The fraction of sp³-hybridized carbons (Fsp3) is 0.529. The summed E-state index contributed by atoms with van der Waals surface area (Å²) in [7, 11) is 1.85. The number of hydrogen-bond acceptors (Lipinski definition) is 3. The van der Waals surface area contributed by atoms with Crippen molar-refractivity contribution >= 4 is 29.3 Å². The second kappa shape index (κ2) is 9.57. The van der Waals surface area contributed by atoms with Gasteiger partial charge in [-0.1, -0.05) is 26.0 Å². The highest BCUT2D eigenvalue weighted by Crippen LogP contribution is 2.24. The Balaban J connectivity index is 2.46. The number of thioether (sulfide) groups is 1. The minimum absolute atomic E-state index is 0.0268. The maximum absolute atomic E-state index is 12.1. The number of amides is 2. The minimum Gasteiger partial charge on any atom is -0.348 e. The number of benzene rings is 1. The van der Waals surface area contributed by atoms with E-state index in [-0.39, 0.29) is 30.9 Å². The molecule has 6 heteroatoms. The smallest absolute Gasteiger partial charge is 0.279 e. The molecule has 1 aromatic rings. The summed E-state index contributed by atoms with van der Waals surface area (Å²) in [5.41, 5.74) is 0.815. The van der Waals surface area contributed by atoms with E-state index in [0.717, 1.165) is 15.5 Å². The Morgan fingerprint density at radius 1 is 1.13 bits per heavy atom. The number of para-hydroxylation sites is 1. The Hall–Kier alpha value is -1.53. The van der Waals surface area contributed by atoms with Crippen LogP contribution >= 0.6 is 11.8 Å². The third kappa shape index (κ3) is 7.05. The molecule has 1 unspecified atom stereocenters. The normalized spacial score (nSPS) is 13.5. The van der Waals surface area contributed by atoms with Crippen molar-refractivity contribution < 1.29 is 14.5 Å². The predicted molar refractivity (Wildman–Crippen MR) is 95.9 cm³/mol. The number of anilines is 1. The number of hydrogen-bond donors (Lipinski definition) is 3. The zero-order valence-corrected chi connectivity index (χ0v) is 15.4. The molecule has 0 fully saturated rings. The van der Waals surface area contributed by atoms with Crippen LogP contribution in [0.5, 0.6) is 0 Å². The second-order valence-corrected chi connectivity index (χ2v) is 7.01. The fourth-order valence-corrected chi connectivity index (χ4v) is 2.58. The third-order valence-electron chi connectivity index (χ3n) is 3.69. The van der Waals surface area contributed by atoms with Crippen LogP contribution in [0.15, 0.2) is 29.2 Å². The van der Waals surface area contributed by atoms with Gasteiger partial charge >= 0.3 is 0 Å². The molecule has 0 bridgehead atoms. The van der Waals surface area contributed by atoms with Crippen molar-refractivity contribution in [1.82, 2.24) is 5.32 Å². The summed E-state index contributed by atoms with van der Waals surface area (Å²) in [6, 6.07) is 7.83. The highest BCUT2D eigenvalue weighted by molar-refractivity contribution is 7.98. The lowest BCUT2D eigenvalue weighted by Gasteiger charge is -2.19. The first-order valence-electron chi connectivity index (χ1n) is 7.87. The quantitative estimate of drug-likeness (QED) is 0.620. The number of likely N-dealkylation sites (N-methyl/N-ethyl adjacent to an activating group) is 1. The summed E-state index contributed by atoms with van der Waals surface area (Å²) in [5, 5.41) is 5.87. The predicted octanol–water partition coefficient (Wildman–Crippen LogP) is 1.02. The largest absolute Gasteiger partial charge is 0.348 e. The van der Waals surface area contributed by atoms with E-state index in [1.54, 1.807) is 11.8 Å². The molecule has 0 aliphatic rings. The number of nitrogens with one attached hydrogen (secondary N) is 3. The van der Waals surface area contributed by atoms with Crippen LogP contribution < -0.4 is 15.5 Å². The summed E-state index contributed by atoms with van der Waals surface area (Å²) in [6.07, 6.45) is 1.97. The van der Waals surface area contributed by atoms with Gasteiger partial charge in [0.15, 0.2) is 13.1 Å². The summed E-state index contributed by atoms with van der Waals surface area (Å²) in [4.78, 5) is 26.0. The molecule has 0 heterocycles. The summed E-state index contributed by atoms with van der Waals surface area (Å²) in [6.45, 7) is 6.67. The van der Waals surface area contributed by atoms with Crippen LogP contribution in [-0.4, -0.2) is 44.2 Å². The van der Waals surface area contributed by atoms with Crippen molar-refractivity contribution in [2.45, 2.75) is 31.7 Å². The maximum atomic E-state index is 12.1. The van der Waals surface area contributed by atoms with Crippen molar-refractivity contribution in [1.29, 1.82) is 0 Å². The summed E-state index contributed by atoms with van der Waals surface area (Å²) < 4.78 is 0. The molecule has 0 saturated heterocycles. The van der Waals surface area contributed by atoms with Gasteiger partial charge < -0.3 is 15.5 Å². The molecule has 0 radical (unpaired) electrons. The lowest BCUT2D eigenvalue weighted by atomic mass is 10.1. The number of carbonyl (C=O) groups is 2. The molecule has 23 heavy (non-hydrogen) atoms. The number of carbonyl (C=O) groups excluding carboxylic acids is 2. The molecular formula is C17H28N3O2S+. The molecule has 0 aliphatic heterocycles. The van der Waals surface area contributed by atoms with Gasteiger partial charge in [-0.3, -0.25) is 9.59 Å². The lowest BCUT2D eigenvalue weighted by molar-refractivity contribution is -0.862. The van der Waals surface area contributed by atoms with Crippen molar-refractivity contribution in [3.63, 3.8) is 0 Å². The molecule has 0 spiro atoms. The van der Waals surface area contributed by atoms with Gasteiger partial charge in [-0.15, -0.1) is 11.8 Å².